The zero-order valence-electron chi connectivity index (χ0n) is 18.4. The molecule has 9 heteroatoms. The van der Waals surface area contributed by atoms with E-state index in [4.69, 9.17) is 17.0 Å². The van der Waals surface area contributed by atoms with Crippen LogP contribution in [0.3, 0.4) is 0 Å². The molecule has 5 rings (SSSR count). The van der Waals surface area contributed by atoms with Crippen LogP contribution in [0.5, 0.6) is 0 Å². The summed E-state index contributed by atoms with van der Waals surface area (Å²) in [7, 11) is 0. The highest BCUT2D eigenvalue weighted by atomic mass is 32.1. The molecule has 0 spiro atoms. The van der Waals surface area contributed by atoms with Gasteiger partial charge in [0, 0.05) is 5.39 Å². The fraction of sp³-hybridized carbons (Fsp3) is 0.500. The van der Waals surface area contributed by atoms with Gasteiger partial charge in [0.1, 0.15) is 19.2 Å². The molecule has 1 amide bonds. The number of thiocarbonyl (C=S) groups is 1. The SMILES string of the molecule is O=C(NCC[NH+]1CCOCC1)[C@@H]1C[C@@H](O)[C@H](O)[C@@H]2NC(=S)N(c3cccc4ccccc34)[C@@H]21. The van der Waals surface area contributed by atoms with Gasteiger partial charge in [-0.1, -0.05) is 36.4 Å². The molecule has 0 aromatic heterocycles. The summed E-state index contributed by atoms with van der Waals surface area (Å²) < 4.78 is 5.40. The lowest BCUT2D eigenvalue weighted by atomic mass is 9.77. The van der Waals surface area contributed by atoms with E-state index in [9.17, 15) is 15.0 Å². The summed E-state index contributed by atoms with van der Waals surface area (Å²) in [6.45, 7) is 4.80. The number of carbonyl (C=O) groups is 1. The van der Waals surface area contributed by atoms with Crippen LogP contribution in [0.4, 0.5) is 5.69 Å². The molecule has 176 valence electrons. The molecule has 5 atom stereocenters. The minimum atomic E-state index is -1.00. The standard InChI is InChI=1S/C24H30N4O4S/c29-19-14-17(23(31)25-8-9-27-10-12-32-13-11-27)21-20(22(19)30)26-24(33)28(21)18-7-3-5-15-4-1-2-6-16(15)18/h1-7,17,19-22,29-30H,8-14H2,(H,25,31)(H,26,33)/p+1/t17-,19-,20-,21-,22+/m1/s1. The number of carbonyl (C=O) groups excluding carboxylic acids is 1. The lowest BCUT2D eigenvalue weighted by molar-refractivity contribution is -0.906. The average Bonchev–Trinajstić information content (AvgIpc) is 3.18. The third kappa shape index (κ3) is 4.31. The molecule has 2 aromatic rings. The first-order valence-corrected chi connectivity index (χ1v) is 12.1. The Balaban J connectivity index is 1.40. The van der Waals surface area contributed by atoms with Crippen LogP contribution >= 0.6 is 12.2 Å². The monoisotopic (exact) mass is 471 g/mol. The maximum atomic E-state index is 13.3. The van der Waals surface area contributed by atoms with Crippen molar-refractivity contribution in [1.82, 2.24) is 10.6 Å². The summed E-state index contributed by atoms with van der Waals surface area (Å²) in [5, 5.41) is 30.1. The summed E-state index contributed by atoms with van der Waals surface area (Å²) in [5.74, 6) is -0.625. The van der Waals surface area contributed by atoms with Crippen LogP contribution in [0.25, 0.3) is 10.8 Å². The number of anilines is 1. The molecule has 8 nitrogen and oxygen atoms in total. The van der Waals surface area contributed by atoms with Gasteiger partial charge in [-0.3, -0.25) is 4.79 Å². The first-order valence-electron chi connectivity index (χ1n) is 11.7. The van der Waals surface area contributed by atoms with Crippen molar-refractivity contribution in [2.24, 2.45) is 5.92 Å². The fourth-order valence-corrected chi connectivity index (χ4v) is 5.80. The Morgan fingerprint density at radius 2 is 1.94 bits per heavy atom. The number of quaternary nitrogens is 1. The molecule has 0 radical (unpaired) electrons. The Kier molecular flexibility index (Phi) is 6.49. The van der Waals surface area contributed by atoms with Crippen LogP contribution in [0.2, 0.25) is 0 Å². The van der Waals surface area contributed by atoms with Crippen LogP contribution in [0.15, 0.2) is 42.5 Å². The van der Waals surface area contributed by atoms with E-state index in [1.54, 1.807) is 0 Å². The van der Waals surface area contributed by atoms with Crippen molar-refractivity contribution in [2.75, 3.05) is 44.3 Å². The number of hydrogen-bond acceptors (Lipinski definition) is 5. The molecule has 1 aliphatic carbocycles. The first-order chi connectivity index (χ1) is 16.0. The van der Waals surface area contributed by atoms with Crippen molar-refractivity contribution in [3.63, 3.8) is 0 Å². The predicted molar refractivity (Wildman–Crippen MR) is 129 cm³/mol. The lowest BCUT2D eigenvalue weighted by Crippen LogP contribution is -3.14. The van der Waals surface area contributed by atoms with Crippen molar-refractivity contribution in [2.45, 2.75) is 30.7 Å². The summed E-state index contributed by atoms with van der Waals surface area (Å²) in [5.41, 5.74) is 0.900. The van der Waals surface area contributed by atoms with Gasteiger partial charge in [0.05, 0.1) is 56.1 Å². The van der Waals surface area contributed by atoms with E-state index < -0.39 is 30.2 Å². The third-order valence-corrected chi connectivity index (χ3v) is 7.50. The number of hydrogen-bond donors (Lipinski definition) is 5. The highest BCUT2D eigenvalue weighted by Gasteiger charge is 2.54. The van der Waals surface area contributed by atoms with Crippen molar-refractivity contribution >= 4 is 39.7 Å². The van der Waals surface area contributed by atoms with E-state index in [0.29, 0.717) is 11.7 Å². The molecule has 5 N–H and O–H groups in total. The van der Waals surface area contributed by atoms with E-state index in [1.807, 2.05) is 47.4 Å². The molecular weight excluding hydrogens is 440 g/mol. The van der Waals surface area contributed by atoms with Crippen LogP contribution in [0.1, 0.15) is 6.42 Å². The number of benzene rings is 2. The van der Waals surface area contributed by atoms with Gasteiger partial charge in [-0.15, -0.1) is 0 Å². The number of fused-ring (bicyclic) bond motifs is 2. The van der Waals surface area contributed by atoms with Gasteiger partial charge in [-0.05, 0) is 30.1 Å². The zero-order valence-corrected chi connectivity index (χ0v) is 19.3. The van der Waals surface area contributed by atoms with E-state index >= 15 is 0 Å². The molecule has 33 heavy (non-hydrogen) atoms. The van der Waals surface area contributed by atoms with E-state index in [2.05, 4.69) is 10.6 Å². The maximum absolute atomic E-state index is 13.3. The summed E-state index contributed by atoms with van der Waals surface area (Å²) in [6, 6.07) is 13.1. The fourth-order valence-electron chi connectivity index (χ4n) is 5.44. The van der Waals surface area contributed by atoms with Gasteiger partial charge in [0.2, 0.25) is 5.91 Å². The van der Waals surface area contributed by atoms with Gasteiger partial charge in [0.15, 0.2) is 5.11 Å². The third-order valence-electron chi connectivity index (χ3n) is 7.19. The van der Waals surface area contributed by atoms with Crippen LogP contribution in [0, 0.1) is 5.92 Å². The number of morpholine rings is 1. The molecule has 1 saturated carbocycles. The van der Waals surface area contributed by atoms with Crippen molar-refractivity contribution in [3.05, 3.63) is 42.5 Å². The number of aliphatic hydroxyl groups is 2. The lowest BCUT2D eigenvalue weighted by Gasteiger charge is -2.41. The van der Waals surface area contributed by atoms with Crippen LogP contribution in [-0.4, -0.2) is 84.9 Å². The largest absolute Gasteiger partial charge is 0.390 e. The zero-order chi connectivity index (χ0) is 22.9. The second-order valence-corrected chi connectivity index (χ2v) is 9.52. The average molecular weight is 472 g/mol. The maximum Gasteiger partial charge on any atom is 0.225 e. The van der Waals surface area contributed by atoms with E-state index in [0.717, 1.165) is 49.3 Å². The number of ether oxygens (including phenoxy) is 1. The molecular formula is C24H31N4O4S+. The van der Waals surface area contributed by atoms with E-state index in [1.165, 1.54) is 4.90 Å². The van der Waals surface area contributed by atoms with Gasteiger partial charge >= 0.3 is 0 Å². The Bertz CT molecular complexity index is 1030. The minimum absolute atomic E-state index is 0.111. The topological polar surface area (TPSA) is 98.5 Å². The molecule has 2 saturated heterocycles. The number of nitrogens with zero attached hydrogens (tertiary/aromatic N) is 1. The molecule has 0 bridgehead atoms. The van der Waals surface area contributed by atoms with Crippen LogP contribution < -0.4 is 20.4 Å². The molecule has 0 unspecified atom stereocenters. The van der Waals surface area contributed by atoms with Crippen molar-refractivity contribution < 1.29 is 24.6 Å². The number of amides is 1. The van der Waals surface area contributed by atoms with E-state index in [-0.39, 0.29) is 12.3 Å². The second-order valence-electron chi connectivity index (χ2n) is 9.14. The molecule has 2 aliphatic heterocycles. The molecule has 3 aliphatic rings. The van der Waals surface area contributed by atoms with Crippen LogP contribution in [-0.2, 0) is 9.53 Å². The smallest absolute Gasteiger partial charge is 0.225 e. The minimum Gasteiger partial charge on any atom is -0.390 e. The Morgan fingerprint density at radius 3 is 2.76 bits per heavy atom. The molecule has 2 heterocycles. The van der Waals surface area contributed by atoms with Gasteiger partial charge in [-0.2, -0.15) is 0 Å². The Morgan fingerprint density at radius 1 is 1.18 bits per heavy atom. The summed E-state index contributed by atoms with van der Waals surface area (Å²) >= 11 is 5.68. The second kappa shape index (κ2) is 9.52. The number of rotatable bonds is 5. The Hall–Kier alpha value is -2.30. The predicted octanol–water partition coefficient (Wildman–Crippen LogP) is -0.955. The normalized spacial score (nSPS) is 30.2. The quantitative estimate of drug-likeness (QED) is 0.359. The summed E-state index contributed by atoms with van der Waals surface area (Å²) in [6.07, 6.45) is -1.81. The first kappa shape index (κ1) is 22.5. The highest BCUT2D eigenvalue weighted by Crippen LogP contribution is 2.39. The highest BCUT2D eigenvalue weighted by molar-refractivity contribution is 7.80. The summed E-state index contributed by atoms with van der Waals surface area (Å²) in [4.78, 5) is 16.7. The van der Waals surface area contributed by atoms with Crippen molar-refractivity contribution in [1.29, 1.82) is 0 Å². The van der Waals surface area contributed by atoms with Gasteiger partial charge in [-0.25, -0.2) is 0 Å². The number of nitrogens with one attached hydrogen (secondary N) is 3. The van der Waals surface area contributed by atoms with Crippen molar-refractivity contribution in [3.8, 4) is 0 Å². The van der Waals surface area contributed by atoms with Gasteiger partial charge in [0.25, 0.3) is 0 Å². The van der Waals surface area contributed by atoms with Gasteiger partial charge < -0.3 is 35.4 Å². The Labute approximate surface area is 198 Å². The molecule has 3 fully saturated rings. The molecule has 2 aromatic carbocycles. The number of aliphatic hydroxyl groups excluding tert-OH is 2.